The molecule has 0 aliphatic carbocycles. The summed E-state index contributed by atoms with van der Waals surface area (Å²) in [5.74, 6) is -1.17. The Morgan fingerprint density at radius 3 is 2.38 bits per heavy atom. The summed E-state index contributed by atoms with van der Waals surface area (Å²) >= 11 is 0. The average molecular weight is 349 g/mol. The summed E-state index contributed by atoms with van der Waals surface area (Å²) in [6, 6.07) is 5.79. The van der Waals surface area contributed by atoms with Crippen LogP contribution in [-0.2, 0) is 14.8 Å². The molecular weight excluding hydrogens is 334 g/mol. The number of benzene rings is 1. The van der Waals surface area contributed by atoms with E-state index in [1.165, 1.54) is 49.8 Å². The number of carbonyl (C=O) groups is 2. The van der Waals surface area contributed by atoms with E-state index in [0.717, 1.165) is 6.26 Å². The number of hydrogen-bond donors (Lipinski definition) is 1. The summed E-state index contributed by atoms with van der Waals surface area (Å²) in [6.45, 7) is 1.44. The van der Waals surface area contributed by atoms with Crippen LogP contribution in [0.15, 0.2) is 42.9 Å². The van der Waals surface area contributed by atoms with E-state index in [1.807, 2.05) is 0 Å². The van der Waals surface area contributed by atoms with Crippen LogP contribution in [0.5, 0.6) is 0 Å². The number of hydrogen-bond acceptors (Lipinski definition) is 7. The first-order valence-corrected chi connectivity index (χ1v) is 8.74. The Kier molecular flexibility index (Phi) is 5.24. The van der Waals surface area contributed by atoms with E-state index in [4.69, 9.17) is 4.74 Å². The van der Waals surface area contributed by atoms with Gasteiger partial charge in [0.05, 0.1) is 12.5 Å². The van der Waals surface area contributed by atoms with Gasteiger partial charge < -0.3 is 4.74 Å². The topological polar surface area (TPSA) is 115 Å². The van der Waals surface area contributed by atoms with Crippen molar-refractivity contribution in [1.29, 1.82) is 0 Å². The second kappa shape index (κ2) is 7.18. The van der Waals surface area contributed by atoms with Gasteiger partial charge in [-0.3, -0.25) is 14.5 Å². The van der Waals surface area contributed by atoms with Crippen molar-refractivity contribution in [2.45, 2.75) is 13.0 Å². The Bertz CT molecular complexity index is 835. The molecule has 2 rings (SSSR count). The van der Waals surface area contributed by atoms with Gasteiger partial charge in [0, 0.05) is 23.6 Å². The van der Waals surface area contributed by atoms with Crippen molar-refractivity contribution < 1.29 is 22.7 Å². The average Bonchev–Trinajstić information content (AvgIpc) is 2.54. The predicted octanol–water partition coefficient (Wildman–Crippen LogP) is 1.28. The fourth-order valence-corrected chi connectivity index (χ4v) is 2.39. The first kappa shape index (κ1) is 17.5. The normalized spacial score (nSPS) is 12.2. The van der Waals surface area contributed by atoms with E-state index in [0.29, 0.717) is 5.69 Å². The highest BCUT2D eigenvalue weighted by atomic mass is 32.2. The van der Waals surface area contributed by atoms with Crippen molar-refractivity contribution in [2.75, 3.05) is 11.0 Å². The van der Waals surface area contributed by atoms with Crippen LogP contribution in [0.1, 0.15) is 27.8 Å². The van der Waals surface area contributed by atoms with Gasteiger partial charge in [-0.2, -0.15) is 0 Å². The molecule has 0 spiro atoms. The molecule has 0 unspecified atom stereocenters. The standard InChI is InChI=1S/C15H15N3O5S/c1-10(23-15(20)13-9-16-7-8-17-13)14(19)11-3-5-12(6-4-11)18-24(2,21)22/h3-10,18H,1-2H3/t10-/m1/s1. The first-order chi connectivity index (χ1) is 11.3. The molecule has 24 heavy (non-hydrogen) atoms. The number of ether oxygens (including phenoxy) is 1. The molecule has 126 valence electrons. The predicted molar refractivity (Wildman–Crippen MR) is 86.1 cm³/mol. The molecule has 2 aromatic rings. The van der Waals surface area contributed by atoms with Gasteiger partial charge in [-0.05, 0) is 31.2 Å². The number of ketones is 1. The number of carbonyl (C=O) groups excluding carboxylic acids is 2. The summed E-state index contributed by atoms with van der Waals surface area (Å²) < 4.78 is 29.6. The summed E-state index contributed by atoms with van der Waals surface area (Å²) in [7, 11) is -3.39. The van der Waals surface area contributed by atoms with Crippen LogP contribution in [0.4, 0.5) is 5.69 Å². The number of Topliss-reactive ketones (excluding diaryl/α,β-unsaturated/α-hetero) is 1. The zero-order chi connectivity index (χ0) is 17.7. The molecule has 0 aliphatic rings. The Labute approximate surface area is 138 Å². The third-order valence-corrected chi connectivity index (χ3v) is 3.50. The lowest BCUT2D eigenvalue weighted by atomic mass is 10.1. The maximum Gasteiger partial charge on any atom is 0.359 e. The Morgan fingerprint density at radius 1 is 1.17 bits per heavy atom. The van der Waals surface area contributed by atoms with E-state index in [1.54, 1.807) is 0 Å². The number of sulfonamides is 1. The zero-order valence-corrected chi connectivity index (χ0v) is 13.8. The maximum atomic E-state index is 12.3. The van der Waals surface area contributed by atoms with E-state index in [-0.39, 0.29) is 11.3 Å². The van der Waals surface area contributed by atoms with Crippen molar-refractivity contribution >= 4 is 27.5 Å². The van der Waals surface area contributed by atoms with Crippen molar-refractivity contribution in [1.82, 2.24) is 9.97 Å². The van der Waals surface area contributed by atoms with E-state index >= 15 is 0 Å². The number of esters is 1. The van der Waals surface area contributed by atoms with Crippen LogP contribution in [0, 0.1) is 0 Å². The smallest absolute Gasteiger partial charge is 0.359 e. The van der Waals surface area contributed by atoms with Crippen molar-refractivity contribution in [3.8, 4) is 0 Å². The molecule has 1 heterocycles. The van der Waals surface area contributed by atoms with Gasteiger partial charge in [-0.1, -0.05) is 0 Å². The number of anilines is 1. The molecule has 0 aliphatic heterocycles. The minimum atomic E-state index is -3.39. The molecule has 0 saturated heterocycles. The number of nitrogens with zero attached hydrogens (tertiary/aromatic N) is 2. The molecule has 0 amide bonds. The van der Waals surface area contributed by atoms with Gasteiger partial charge in [-0.25, -0.2) is 18.2 Å². The lowest BCUT2D eigenvalue weighted by molar-refractivity contribution is 0.0312. The lowest BCUT2D eigenvalue weighted by Gasteiger charge is -2.12. The Morgan fingerprint density at radius 2 is 1.83 bits per heavy atom. The molecule has 9 heteroatoms. The van der Waals surface area contributed by atoms with Crippen LogP contribution in [0.3, 0.4) is 0 Å². The van der Waals surface area contributed by atoms with Gasteiger partial charge >= 0.3 is 5.97 Å². The van der Waals surface area contributed by atoms with Crippen LogP contribution in [-0.4, -0.2) is 42.5 Å². The molecule has 0 fully saturated rings. The fraction of sp³-hybridized carbons (Fsp3) is 0.200. The van der Waals surface area contributed by atoms with Crippen molar-refractivity contribution in [2.24, 2.45) is 0 Å². The Hall–Kier alpha value is -2.81. The van der Waals surface area contributed by atoms with Crippen LogP contribution >= 0.6 is 0 Å². The number of rotatable bonds is 6. The molecule has 0 bridgehead atoms. The third kappa shape index (κ3) is 4.85. The van der Waals surface area contributed by atoms with Gasteiger partial charge in [0.2, 0.25) is 15.8 Å². The maximum absolute atomic E-state index is 12.3. The summed E-state index contributed by atoms with van der Waals surface area (Å²) in [5.41, 5.74) is 0.622. The quantitative estimate of drug-likeness (QED) is 0.617. The molecule has 1 aromatic carbocycles. The second-order valence-corrected chi connectivity index (χ2v) is 6.70. The highest BCUT2D eigenvalue weighted by molar-refractivity contribution is 7.92. The second-order valence-electron chi connectivity index (χ2n) is 4.95. The van der Waals surface area contributed by atoms with E-state index in [2.05, 4.69) is 14.7 Å². The number of nitrogens with one attached hydrogen (secondary N) is 1. The van der Waals surface area contributed by atoms with Crippen LogP contribution in [0.25, 0.3) is 0 Å². The fourth-order valence-electron chi connectivity index (χ4n) is 1.83. The third-order valence-electron chi connectivity index (χ3n) is 2.90. The van der Waals surface area contributed by atoms with Gasteiger partial charge in [0.1, 0.15) is 0 Å². The largest absolute Gasteiger partial charge is 0.449 e. The molecule has 1 N–H and O–H groups in total. The summed E-state index contributed by atoms with van der Waals surface area (Å²) in [5, 5.41) is 0. The molecule has 1 atom stereocenters. The van der Waals surface area contributed by atoms with Crippen molar-refractivity contribution in [3.63, 3.8) is 0 Å². The highest BCUT2D eigenvalue weighted by Gasteiger charge is 2.21. The minimum absolute atomic E-state index is 0.00449. The van der Waals surface area contributed by atoms with Gasteiger partial charge in [0.15, 0.2) is 11.8 Å². The molecule has 8 nitrogen and oxygen atoms in total. The van der Waals surface area contributed by atoms with Crippen LogP contribution in [0.2, 0.25) is 0 Å². The molecular formula is C15H15N3O5S. The van der Waals surface area contributed by atoms with Crippen LogP contribution < -0.4 is 4.72 Å². The van der Waals surface area contributed by atoms with E-state index < -0.39 is 27.9 Å². The highest BCUT2D eigenvalue weighted by Crippen LogP contribution is 2.14. The number of aromatic nitrogens is 2. The first-order valence-electron chi connectivity index (χ1n) is 6.85. The molecule has 1 aromatic heterocycles. The Balaban J connectivity index is 2.04. The molecule has 0 radical (unpaired) electrons. The SMILES string of the molecule is C[C@@H](OC(=O)c1cnccn1)C(=O)c1ccc(NS(C)(=O)=O)cc1. The monoisotopic (exact) mass is 349 g/mol. The summed E-state index contributed by atoms with van der Waals surface area (Å²) in [6.07, 6.45) is 4.01. The summed E-state index contributed by atoms with van der Waals surface area (Å²) in [4.78, 5) is 31.7. The zero-order valence-electron chi connectivity index (χ0n) is 13.0. The lowest BCUT2D eigenvalue weighted by Crippen LogP contribution is -2.25. The van der Waals surface area contributed by atoms with Gasteiger partial charge in [0.25, 0.3) is 0 Å². The van der Waals surface area contributed by atoms with Gasteiger partial charge in [-0.15, -0.1) is 0 Å². The minimum Gasteiger partial charge on any atom is -0.449 e. The molecule has 0 saturated carbocycles. The van der Waals surface area contributed by atoms with Crippen molar-refractivity contribution in [3.05, 3.63) is 54.1 Å². The van der Waals surface area contributed by atoms with E-state index in [9.17, 15) is 18.0 Å².